The highest BCUT2D eigenvalue weighted by atomic mass is 35.5. The molecule has 0 aliphatic heterocycles. The van der Waals surface area contributed by atoms with Crippen LogP contribution in [-0.2, 0) is 11.2 Å². The van der Waals surface area contributed by atoms with Gasteiger partial charge in [0.1, 0.15) is 5.78 Å². The summed E-state index contributed by atoms with van der Waals surface area (Å²) >= 11 is 6.14. The van der Waals surface area contributed by atoms with E-state index in [1.165, 1.54) is 11.1 Å². The Kier molecular flexibility index (Phi) is 3.07. The molecular formula is C15H19ClO. The van der Waals surface area contributed by atoms with Crippen LogP contribution in [0.25, 0.3) is 0 Å². The average molecular weight is 251 g/mol. The van der Waals surface area contributed by atoms with Crippen molar-refractivity contribution in [3.05, 3.63) is 34.3 Å². The Morgan fingerprint density at radius 3 is 2.47 bits per heavy atom. The molecule has 2 atom stereocenters. The maximum Gasteiger partial charge on any atom is 0.134 e. The first-order valence-electron chi connectivity index (χ1n) is 6.17. The van der Waals surface area contributed by atoms with E-state index in [9.17, 15) is 4.79 Å². The lowest BCUT2D eigenvalue weighted by Gasteiger charge is -2.06. The van der Waals surface area contributed by atoms with Gasteiger partial charge in [0, 0.05) is 10.9 Å². The van der Waals surface area contributed by atoms with Gasteiger partial charge in [-0.25, -0.2) is 0 Å². The molecule has 0 bridgehead atoms. The summed E-state index contributed by atoms with van der Waals surface area (Å²) < 4.78 is 0. The number of aryl methyl sites for hydroxylation is 1. The van der Waals surface area contributed by atoms with Gasteiger partial charge in [-0.3, -0.25) is 4.79 Å². The number of Topliss-reactive ketones (excluding diaryl/α,β-unsaturated/α-hetero) is 1. The van der Waals surface area contributed by atoms with Crippen molar-refractivity contribution in [1.82, 2.24) is 0 Å². The van der Waals surface area contributed by atoms with E-state index in [-0.39, 0.29) is 17.1 Å². The SMILES string of the molecule is CCc1cc(Cl)cc(C2C(C(C)=O)C2(C)C)c1. The molecule has 1 aliphatic rings. The molecule has 0 aromatic heterocycles. The summed E-state index contributed by atoms with van der Waals surface area (Å²) in [5, 5.41) is 0.782. The predicted molar refractivity (Wildman–Crippen MR) is 71.5 cm³/mol. The largest absolute Gasteiger partial charge is 0.300 e. The van der Waals surface area contributed by atoms with Crippen molar-refractivity contribution in [2.75, 3.05) is 0 Å². The fourth-order valence-corrected chi connectivity index (χ4v) is 3.34. The Labute approximate surface area is 108 Å². The fraction of sp³-hybridized carbons (Fsp3) is 0.533. The summed E-state index contributed by atoms with van der Waals surface area (Å²) in [6.45, 7) is 8.14. The van der Waals surface area contributed by atoms with Gasteiger partial charge in [0.2, 0.25) is 0 Å². The van der Waals surface area contributed by atoms with Crippen LogP contribution >= 0.6 is 11.6 Å². The van der Waals surface area contributed by atoms with E-state index in [2.05, 4.69) is 26.8 Å². The molecule has 0 radical (unpaired) electrons. The zero-order valence-electron chi connectivity index (χ0n) is 10.9. The smallest absolute Gasteiger partial charge is 0.134 e. The highest BCUT2D eigenvalue weighted by Crippen LogP contribution is 2.64. The Morgan fingerprint density at radius 1 is 1.35 bits per heavy atom. The fourth-order valence-electron chi connectivity index (χ4n) is 3.08. The minimum atomic E-state index is 0.0848. The molecule has 0 spiro atoms. The summed E-state index contributed by atoms with van der Waals surface area (Å²) in [7, 11) is 0. The van der Waals surface area contributed by atoms with Crippen molar-refractivity contribution in [2.24, 2.45) is 11.3 Å². The van der Waals surface area contributed by atoms with Crippen LogP contribution in [0.15, 0.2) is 18.2 Å². The minimum absolute atomic E-state index is 0.0848. The molecule has 1 fully saturated rings. The summed E-state index contributed by atoms with van der Waals surface area (Å²) in [4.78, 5) is 11.6. The lowest BCUT2D eigenvalue weighted by Crippen LogP contribution is -1.99. The first-order valence-corrected chi connectivity index (χ1v) is 6.55. The van der Waals surface area contributed by atoms with Crippen LogP contribution in [0.4, 0.5) is 0 Å². The maximum absolute atomic E-state index is 11.6. The molecule has 1 aromatic carbocycles. The van der Waals surface area contributed by atoms with Crippen molar-refractivity contribution >= 4 is 17.4 Å². The van der Waals surface area contributed by atoms with Gasteiger partial charge in [0.15, 0.2) is 0 Å². The van der Waals surface area contributed by atoms with Crippen LogP contribution in [-0.4, -0.2) is 5.78 Å². The van der Waals surface area contributed by atoms with Crippen molar-refractivity contribution in [2.45, 2.75) is 40.0 Å². The molecule has 0 amide bonds. The highest BCUT2D eigenvalue weighted by molar-refractivity contribution is 6.30. The van der Waals surface area contributed by atoms with Crippen LogP contribution < -0.4 is 0 Å². The van der Waals surface area contributed by atoms with Gasteiger partial charge < -0.3 is 0 Å². The number of ketones is 1. The van der Waals surface area contributed by atoms with Crippen LogP contribution in [0, 0.1) is 11.3 Å². The second kappa shape index (κ2) is 4.13. The predicted octanol–water partition coefficient (Wildman–Crippen LogP) is 4.23. The normalized spacial score (nSPS) is 25.7. The average Bonchev–Trinajstić information content (AvgIpc) is 2.80. The number of hydrogen-bond acceptors (Lipinski definition) is 1. The van der Waals surface area contributed by atoms with E-state index in [0.717, 1.165) is 11.4 Å². The van der Waals surface area contributed by atoms with Crippen LogP contribution in [0.1, 0.15) is 44.7 Å². The standard InChI is InChI=1S/C15H19ClO/c1-5-10-6-11(8-12(16)7-10)14-13(9(2)17)15(14,3)4/h6-8,13-14H,5H2,1-4H3. The molecular weight excluding hydrogens is 232 g/mol. The quantitative estimate of drug-likeness (QED) is 0.785. The first-order chi connectivity index (χ1) is 7.87. The summed E-state index contributed by atoms with van der Waals surface area (Å²) in [6.07, 6.45) is 0.978. The highest BCUT2D eigenvalue weighted by Gasteiger charge is 2.60. The summed E-state index contributed by atoms with van der Waals surface area (Å²) in [5.74, 6) is 0.785. The lowest BCUT2D eigenvalue weighted by atomic mass is 10.0. The third-order valence-corrected chi connectivity index (χ3v) is 4.23. The number of carbonyl (C=O) groups is 1. The van der Waals surface area contributed by atoms with Crippen molar-refractivity contribution in [1.29, 1.82) is 0 Å². The van der Waals surface area contributed by atoms with E-state index in [1.54, 1.807) is 6.92 Å². The third kappa shape index (κ3) is 2.13. The van der Waals surface area contributed by atoms with Crippen molar-refractivity contribution < 1.29 is 4.79 Å². The topological polar surface area (TPSA) is 17.1 Å². The van der Waals surface area contributed by atoms with Gasteiger partial charge in [-0.05, 0) is 47.9 Å². The van der Waals surface area contributed by atoms with Crippen molar-refractivity contribution in [3.8, 4) is 0 Å². The van der Waals surface area contributed by atoms with E-state index >= 15 is 0 Å². The summed E-state index contributed by atoms with van der Waals surface area (Å²) in [6, 6.07) is 6.21. The number of hydrogen-bond donors (Lipinski definition) is 0. The maximum atomic E-state index is 11.6. The van der Waals surface area contributed by atoms with E-state index in [0.29, 0.717) is 5.92 Å². The Hall–Kier alpha value is -0.820. The zero-order valence-corrected chi connectivity index (χ0v) is 11.6. The monoisotopic (exact) mass is 250 g/mol. The molecule has 0 N–H and O–H groups in total. The molecule has 2 unspecified atom stereocenters. The molecule has 17 heavy (non-hydrogen) atoms. The van der Waals surface area contributed by atoms with Crippen LogP contribution in [0.3, 0.4) is 0 Å². The number of carbonyl (C=O) groups excluding carboxylic acids is 1. The second-order valence-corrected chi connectivity index (χ2v) is 6.07. The zero-order chi connectivity index (χ0) is 12.8. The van der Waals surface area contributed by atoms with Gasteiger partial charge in [-0.15, -0.1) is 0 Å². The van der Waals surface area contributed by atoms with Gasteiger partial charge in [-0.2, -0.15) is 0 Å². The molecule has 2 rings (SSSR count). The molecule has 1 nitrogen and oxygen atoms in total. The van der Waals surface area contributed by atoms with Crippen LogP contribution in [0.2, 0.25) is 5.02 Å². The summed E-state index contributed by atoms with van der Waals surface area (Å²) in [5.41, 5.74) is 2.55. The minimum Gasteiger partial charge on any atom is -0.300 e. The third-order valence-electron chi connectivity index (χ3n) is 4.01. The van der Waals surface area contributed by atoms with Crippen molar-refractivity contribution in [3.63, 3.8) is 0 Å². The molecule has 2 heteroatoms. The van der Waals surface area contributed by atoms with Gasteiger partial charge in [0.05, 0.1) is 0 Å². The molecule has 1 aromatic rings. The van der Waals surface area contributed by atoms with E-state index in [4.69, 9.17) is 11.6 Å². The molecule has 0 heterocycles. The first kappa shape index (κ1) is 12.6. The number of rotatable bonds is 3. The Bertz CT molecular complexity index is 462. The van der Waals surface area contributed by atoms with E-state index in [1.807, 2.05) is 12.1 Å². The van der Waals surface area contributed by atoms with E-state index < -0.39 is 0 Å². The molecule has 1 aliphatic carbocycles. The Morgan fingerprint density at radius 2 is 2.00 bits per heavy atom. The van der Waals surface area contributed by atoms with Gasteiger partial charge in [0.25, 0.3) is 0 Å². The lowest BCUT2D eigenvalue weighted by molar-refractivity contribution is -0.118. The van der Waals surface area contributed by atoms with Gasteiger partial charge in [-0.1, -0.05) is 38.4 Å². The van der Waals surface area contributed by atoms with Gasteiger partial charge >= 0.3 is 0 Å². The molecule has 1 saturated carbocycles. The molecule has 92 valence electrons. The van der Waals surface area contributed by atoms with Crippen LogP contribution in [0.5, 0.6) is 0 Å². The Balaban J connectivity index is 2.36. The second-order valence-electron chi connectivity index (χ2n) is 5.63. The number of benzene rings is 1. The molecule has 0 saturated heterocycles. The number of halogens is 1.